The molecule has 8 heteroatoms. The molecule has 1 saturated heterocycles. The Morgan fingerprint density at radius 1 is 1.03 bits per heavy atom. The van der Waals surface area contributed by atoms with Gasteiger partial charge in [0.15, 0.2) is 0 Å². The Morgan fingerprint density at radius 2 is 1.78 bits per heavy atom. The summed E-state index contributed by atoms with van der Waals surface area (Å²) >= 11 is 1.38. The van der Waals surface area contributed by atoms with E-state index >= 15 is 0 Å². The van der Waals surface area contributed by atoms with Crippen LogP contribution in [0.4, 0.5) is 16.2 Å². The topological polar surface area (TPSA) is 71.1 Å². The molecule has 1 N–H and O–H groups in total. The van der Waals surface area contributed by atoms with Crippen molar-refractivity contribution in [3.63, 3.8) is 0 Å². The predicted molar refractivity (Wildman–Crippen MR) is 126 cm³/mol. The molecule has 0 saturated carbocycles. The first-order chi connectivity index (χ1) is 15.6. The van der Waals surface area contributed by atoms with Gasteiger partial charge in [0.25, 0.3) is 5.91 Å². The van der Waals surface area contributed by atoms with Crippen molar-refractivity contribution >= 4 is 34.6 Å². The minimum absolute atomic E-state index is 0.101. The molecule has 1 aromatic heterocycles. The molecule has 32 heavy (non-hydrogen) atoms. The third-order valence-corrected chi connectivity index (χ3v) is 6.15. The maximum atomic E-state index is 13.4. The zero-order chi connectivity index (χ0) is 22.5. The monoisotopic (exact) mass is 451 g/mol. The first-order valence-corrected chi connectivity index (χ1v) is 11.2. The van der Waals surface area contributed by atoms with Crippen molar-refractivity contribution in [3.8, 4) is 11.5 Å². The van der Waals surface area contributed by atoms with Crippen molar-refractivity contribution in [1.82, 2.24) is 4.90 Å². The van der Waals surface area contributed by atoms with Gasteiger partial charge >= 0.3 is 6.03 Å². The molecule has 1 aliphatic heterocycles. The summed E-state index contributed by atoms with van der Waals surface area (Å²) in [7, 11) is 3.21. The number of hydrogen-bond donors (Lipinski definition) is 1. The van der Waals surface area contributed by atoms with Crippen LogP contribution in [0, 0.1) is 0 Å². The highest BCUT2D eigenvalue weighted by Crippen LogP contribution is 2.30. The predicted octanol–water partition coefficient (Wildman–Crippen LogP) is 4.85. The standard InChI is InChI=1S/C24H25N3O4S/c1-30-18-13-17(14-19(15-18)31-2)16-26-10-6-11-27(24(26)29)21-8-4-3-7-20(21)25-23(28)22-9-5-12-32-22/h3-5,7-9,12-15H,6,10-11,16H2,1-2H3,(H,25,28). The number of carbonyl (C=O) groups is 2. The largest absolute Gasteiger partial charge is 0.497 e. The summed E-state index contributed by atoms with van der Waals surface area (Å²) < 4.78 is 10.7. The quantitative estimate of drug-likeness (QED) is 0.557. The summed E-state index contributed by atoms with van der Waals surface area (Å²) in [5.41, 5.74) is 2.23. The van der Waals surface area contributed by atoms with Crippen LogP contribution in [0.3, 0.4) is 0 Å². The second kappa shape index (κ2) is 9.74. The molecule has 1 fully saturated rings. The van der Waals surface area contributed by atoms with Crippen LogP contribution in [-0.2, 0) is 6.54 Å². The number of nitrogens with zero attached hydrogens (tertiary/aromatic N) is 2. The number of ether oxygens (including phenoxy) is 2. The number of carbonyl (C=O) groups excluding carboxylic acids is 2. The van der Waals surface area contributed by atoms with Gasteiger partial charge in [-0.3, -0.25) is 9.69 Å². The van der Waals surface area contributed by atoms with Gasteiger partial charge < -0.3 is 19.7 Å². The Hall–Kier alpha value is -3.52. The molecule has 0 spiro atoms. The fourth-order valence-corrected chi connectivity index (χ4v) is 4.36. The summed E-state index contributed by atoms with van der Waals surface area (Å²) in [6, 6.07) is 16.5. The number of urea groups is 1. The number of nitrogens with one attached hydrogen (secondary N) is 1. The number of benzene rings is 2. The molecule has 3 aromatic rings. The highest BCUT2D eigenvalue weighted by Gasteiger charge is 2.29. The summed E-state index contributed by atoms with van der Waals surface area (Å²) in [4.78, 5) is 30.1. The molecule has 166 valence electrons. The molecule has 2 heterocycles. The van der Waals surface area contributed by atoms with Gasteiger partial charge in [-0.1, -0.05) is 18.2 Å². The smallest absolute Gasteiger partial charge is 0.324 e. The molecule has 0 atom stereocenters. The van der Waals surface area contributed by atoms with Crippen molar-refractivity contribution in [2.45, 2.75) is 13.0 Å². The molecule has 2 aromatic carbocycles. The van der Waals surface area contributed by atoms with Crippen molar-refractivity contribution in [3.05, 3.63) is 70.4 Å². The van der Waals surface area contributed by atoms with Crippen molar-refractivity contribution < 1.29 is 19.1 Å². The maximum absolute atomic E-state index is 13.4. The van der Waals surface area contributed by atoms with Crippen LogP contribution in [0.25, 0.3) is 0 Å². The lowest BCUT2D eigenvalue weighted by Crippen LogP contribution is -2.49. The molecule has 0 bridgehead atoms. The van der Waals surface area contributed by atoms with Gasteiger partial charge in [-0.2, -0.15) is 0 Å². The van der Waals surface area contributed by atoms with E-state index in [1.165, 1.54) is 11.3 Å². The van der Waals surface area contributed by atoms with Crippen molar-refractivity contribution in [1.29, 1.82) is 0 Å². The third-order valence-electron chi connectivity index (χ3n) is 5.28. The highest BCUT2D eigenvalue weighted by molar-refractivity contribution is 7.12. The fraction of sp³-hybridized carbons (Fsp3) is 0.250. The average molecular weight is 452 g/mol. The fourth-order valence-electron chi connectivity index (χ4n) is 3.74. The van der Waals surface area contributed by atoms with Crippen LogP contribution in [0.5, 0.6) is 11.5 Å². The summed E-state index contributed by atoms with van der Waals surface area (Å²) in [6.07, 6.45) is 0.819. The Bertz CT molecular complexity index is 1080. The second-order valence-electron chi connectivity index (χ2n) is 7.38. The van der Waals surface area contributed by atoms with Crippen LogP contribution in [0.2, 0.25) is 0 Å². The van der Waals surface area contributed by atoms with Gasteiger partial charge in [-0.15, -0.1) is 11.3 Å². The van der Waals surface area contributed by atoms with E-state index in [1.54, 1.807) is 36.2 Å². The molecule has 1 aliphatic rings. The minimum Gasteiger partial charge on any atom is -0.497 e. The maximum Gasteiger partial charge on any atom is 0.324 e. The number of amides is 3. The van der Waals surface area contributed by atoms with E-state index < -0.39 is 0 Å². The summed E-state index contributed by atoms with van der Waals surface area (Å²) in [5.74, 6) is 1.18. The Balaban J connectivity index is 1.55. The molecule has 0 aliphatic carbocycles. The molecule has 7 nitrogen and oxygen atoms in total. The molecular formula is C24H25N3O4S. The van der Waals surface area contributed by atoms with Crippen LogP contribution in [-0.4, -0.2) is 44.1 Å². The number of rotatable bonds is 7. The summed E-state index contributed by atoms with van der Waals surface area (Å²) in [5, 5.41) is 4.81. The lowest BCUT2D eigenvalue weighted by molar-refractivity contribution is 0.103. The number of hydrogen-bond acceptors (Lipinski definition) is 5. The van der Waals surface area contributed by atoms with Gasteiger partial charge in [-0.05, 0) is 47.7 Å². The zero-order valence-electron chi connectivity index (χ0n) is 18.0. The van der Waals surface area contributed by atoms with Crippen LogP contribution in [0.1, 0.15) is 21.7 Å². The Morgan fingerprint density at radius 3 is 2.47 bits per heavy atom. The number of thiophene rings is 1. The lowest BCUT2D eigenvalue weighted by Gasteiger charge is -2.36. The Labute approximate surface area is 191 Å². The second-order valence-corrected chi connectivity index (χ2v) is 8.33. The van der Waals surface area contributed by atoms with Gasteiger partial charge in [0, 0.05) is 25.7 Å². The van der Waals surface area contributed by atoms with Gasteiger partial charge in [0.05, 0.1) is 30.5 Å². The lowest BCUT2D eigenvalue weighted by atomic mass is 10.1. The van der Waals surface area contributed by atoms with E-state index in [0.29, 0.717) is 47.4 Å². The first-order valence-electron chi connectivity index (χ1n) is 10.3. The summed E-state index contributed by atoms with van der Waals surface area (Å²) in [6.45, 7) is 1.67. The van der Waals surface area contributed by atoms with Gasteiger partial charge in [-0.25, -0.2) is 4.79 Å². The van der Waals surface area contributed by atoms with Gasteiger partial charge in [0.1, 0.15) is 11.5 Å². The molecule has 0 unspecified atom stereocenters. The third kappa shape index (κ3) is 4.70. The molecular weight excluding hydrogens is 426 g/mol. The van der Waals surface area contributed by atoms with Gasteiger partial charge in [0.2, 0.25) is 0 Å². The molecule has 0 radical (unpaired) electrons. The van der Waals surface area contributed by atoms with E-state index in [0.717, 1.165) is 12.0 Å². The normalized spacial score (nSPS) is 13.8. The van der Waals surface area contributed by atoms with E-state index in [4.69, 9.17) is 9.47 Å². The SMILES string of the molecule is COc1cc(CN2CCCN(c3ccccc3NC(=O)c3cccs3)C2=O)cc(OC)c1. The Kier molecular flexibility index (Phi) is 6.61. The van der Waals surface area contributed by atoms with E-state index in [1.807, 2.05) is 47.8 Å². The number of para-hydroxylation sites is 2. The van der Waals surface area contributed by atoms with Crippen molar-refractivity contribution in [2.75, 3.05) is 37.5 Å². The van der Waals surface area contributed by atoms with E-state index in [2.05, 4.69) is 5.32 Å². The number of anilines is 2. The highest BCUT2D eigenvalue weighted by atomic mass is 32.1. The first kappa shape index (κ1) is 21.7. The number of methoxy groups -OCH3 is 2. The van der Waals surface area contributed by atoms with Crippen LogP contribution >= 0.6 is 11.3 Å². The zero-order valence-corrected chi connectivity index (χ0v) is 18.9. The molecule has 3 amide bonds. The molecule has 4 rings (SSSR count). The minimum atomic E-state index is -0.183. The van der Waals surface area contributed by atoms with E-state index in [-0.39, 0.29) is 11.9 Å². The average Bonchev–Trinajstić information content (AvgIpc) is 3.36. The van der Waals surface area contributed by atoms with E-state index in [9.17, 15) is 9.59 Å². The van der Waals surface area contributed by atoms with Crippen LogP contribution < -0.4 is 19.7 Å². The van der Waals surface area contributed by atoms with Crippen LogP contribution in [0.15, 0.2) is 60.0 Å². The van der Waals surface area contributed by atoms with Crippen molar-refractivity contribution in [2.24, 2.45) is 0 Å².